The van der Waals surface area contributed by atoms with Crippen molar-refractivity contribution in [2.75, 3.05) is 5.32 Å². The van der Waals surface area contributed by atoms with E-state index in [1.165, 1.54) is 16.5 Å². The van der Waals surface area contributed by atoms with Gasteiger partial charge in [-0.15, -0.1) is 11.3 Å². The van der Waals surface area contributed by atoms with E-state index in [2.05, 4.69) is 11.4 Å². The van der Waals surface area contributed by atoms with Gasteiger partial charge in [0.15, 0.2) is 0 Å². The van der Waals surface area contributed by atoms with E-state index in [0.717, 1.165) is 0 Å². The number of nitrogens with zero attached hydrogens (tertiary/aromatic N) is 1. The highest BCUT2D eigenvalue weighted by Crippen LogP contribution is 2.28. The molecule has 1 atom stereocenters. The summed E-state index contributed by atoms with van der Waals surface area (Å²) >= 11 is 1.66. The molecule has 0 aliphatic rings. The SMILES string of the molecule is Cc1ccsc1C(C)Nc1cccc(F)c1C#N. The summed E-state index contributed by atoms with van der Waals surface area (Å²) in [6.45, 7) is 4.05. The zero-order valence-corrected chi connectivity index (χ0v) is 11.0. The van der Waals surface area contributed by atoms with Crippen LogP contribution in [-0.4, -0.2) is 0 Å². The van der Waals surface area contributed by atoms with Crippen molar-refractivity contribution in [3.63, 3.8) is 0 Å². The molecule has 2 aromatic rings. The van der Waals surface area contributed by atoms with Crippen LogP contribution < -0.4 is 5.32 Å². The molecule has 0 bridgehead atoms. The summed E-state index contributed by atoms with van der Waals surface area (Å²) in [4.78, 5) is 1.20. The number of halogens is 1. The van der Waals surface area contributed by atoms with Crippen molar-refractivity contribution in [1.82, 2.24) is 0 Å². The van der Waals surface area contributed by atoms with Crippen LogP contribution in [-0.2, 0) is 0 Å². The van der Waals surface area contributed by atoms with Gasteiger partial charge in [-0.2, -0.15) is 5.26 Å². The number of aryl methyl sites for hydroxylation is 1. The van der Waals surface area contributed by atoms with Crippen LogP contribution in [0, 0.1) is 24.1 Å². The molecule has 2 nitrogen and oxygen atoms in total. The van der Waals surface area contributed by atoms with E-state index < -0.39 is 5.82 Å². The minimum absolute atomic E-state index is 0.0545. The minimum Gasteiger partial charge on any atom is -0.377 e. The van der Waals surface area contributed by atoms with E-state index >= 15 is 0 Å². The second-order valence-electron chi connectivity index (χ2n) is 4.11. The van der Waals surface area contributed by atoms with Crippen molar-refractivity contribution >= 4 is 17.0 Å². The Morgan fingerprint density at radius 1 is 1.39 bits per heavy atom. The first-order valence-corrected chi connectivity index (χ1v) is 6.50. The van der Waals surface area contributed by atoms with Gasteiger partial charge < -0.3 is 5.32 Å². The van der Waals surface area contributed by atoms with Crippen molar-refractivity contribution in [1.29, 1.82) is 5.26 Å². The molecule has 0 aliphatic heterocycles. The summed E-state index contributed by atoms with van der Waals surface area (Å²) in [5.41, 5.74) is 1.81. The van der Waals surface area contributed by atoms with Gasteiger partial charge in [0.25, 0.3) is 0 Å². The Balaban J connectivity index is 2.28. The van der Waals surface area contributed by atoms with Gasteiger partial charge in [0.05, 0.1) is 11.7 Å². The van der Waals surface area contributed by atoms with Gasteiger partial charge in [-0.3, -0.25) is 0 Å². The first-order valence-electron chi connectivity index (χ1n) is 5.62. The Bertz CT molecular complexity index is 598. The number of benzene rings is 1. The van der Waals surface area contributed by atoms with E-state index in [1.54, 1.807) is 23.5 Å². The smallest absolute Gasteiger partial charge is 0.143 e. The Kier molecular flexibility index (Phi) is 3.63. The van der Waals surface area contributed by atoms with Crippen molar-refractivity contribution in [3.8, 4) is 6.07 Å². The third-order valence-electron chi connectivity index (χ3n) is 2.79. The highest BCUT2D eigenvalue weighted by Gasteiger charge is 2.13. The fourth-order valence-corrected chi connectivity index (χ4v) is 2.82. The van der Waals surface area contributed by atoms with Gasteiger partial charge in [-0.25, -0.2) is 4.39 Å². The number of nitriles is 1. The van der Waals surface area contributed by atoms with Gasteiger partial charge in [0.1, 0.15) is 17.4 Å². The number of anilines is 1. The molecule has 1 unspecified atom stereocenters. The Hall–Kier alpha value is -1.86. The number of nitrogens with one attached hydrogen (secondary N) is 1. The highest BCUT2D eigenvalue weighted by molar-refractivity contribution is 7.10. The van der Waals surface area contributed by atoms with Crippen LogP contribution in [0.3, 0.4) is 0 Å². The van der Waals surface area contributed by atoms with Crippen LogP contribution >= 0.6 is 11.3 Å². The Morgan fingerprint density at radius 2 is 2.17 bits per heavy atom. The molecule has 0 aliphatic carbocycles. The molecule has 0 saturated heterocycles. The average Bonchev–Trinajstić information content (AvgIpc) is 2.76. The van der Waals surface area contributed by atoms with Crippen molar-refractivity contribution < 1.29 is 4.39 Å². The van der Waals surface area contributed by atoms with Gasteiger partial charge >= 0.3 is 0 Å². The molecule has 1 heterocycles. The lowest BCUT2D eigenvalue weighted by Gasteiger charge is -2.16. The van der Waals surface area contributed by atoms with E-state index in [-0.39, 0.29) is 11.6 Å². The Morgan fingerprint density at radius 3 is 2.78 bits per heavy atom. The number of hydrogen-bond donors (Lipinski definition) is 1. The van der Waals surface area contributed by atoms with Crippen LogP contribution in [0.15, 0.2) is 29.6 Å². The molecule has 0 spiro atoms. The quantitative estimate of drug-likeness (QED) is 0.896. The maximum Gasteiger partial charge on any atom is 0.143 e. The predicted octanol–water partition coefficient (Wildman–Crippen LogP) is 4.24. The van der Waals surface area contributed by atoms with Gasteiger partial charge in [0, 0.05) is 4.88 Å². The van der Waals surface area contributed by atoms with Gasteiger partial charge in [0.2, 0.25) is 0 Å². The summed E-state index contributed by atoms with van der Waals surface area (Å²) in [6, 6.07) is 8.62. The fraction of sp³-hybridized carbons (Fsp3) is 0.214. The molecule has 1 aromatic heterocycles. The fourth-order valence-electron chi connectivity index (χ4n) is 1.88. The zero-order valence-electron chi connectivity index (χ0n) is 10.2. The lowest BCUT2D eigenvalue weighted by Crippen LogP contribution is -2.08. The summed E-state index contributed by atoms with van der Waals surface area (Å²) in [7, 11) is 0. The lowest BCUT2D eigenvalue weighted by molar-refractivity contribution is 0.624. The maximum atomic E-state index is 13.5. The van der Waals surface area contributed by atoms with Gasteiger partial charge in [-0.1, -0.05) is 6.07 Å². The lowest BCUT2D eigenvalue weighted by atomic mass is 10.1. The molecule has 0 amide bonds. The largest absolute Gasteiger partial charge is 0.377 e. The summed E-state index contributed by atoms with van der Waals surface area (Å²) in [6.07, 6.45) is 0. The van der Waals surface area contributed by atoms with Crippen LogP contribution in [0.4, 0.5) is 10.1 Å². The van der Waals surface area contributed by atoms with Gasteiger partial charge in [-0.05, 0) is 43.0 Å². The van der Waals surface area contributed by atoms with E-state index in [9.17, 15) is 4.39 Å². The summed E-state index contributed by atoms with van der Waals surface area (Å²) < 4.78 is 13.5. The monoisotopic (exact) mass is 260 g/mol. The molecule has 0 saturated carbocycles. The molecule has 0 fully saturated rings. The van der Waals surface area contributed by atoms with Crippen molar-refractivity contribution in [2.24, 2.45) is 0 Å². The first-order chi connectivity index (χ1) is 8.63. The number of thiophene rings is 1. The van der Waals surface area contributed by atoms with Crippen molar-refractivity contribution in [3.05, 3.63) is 51.5 Å². The van der Waals surface area contributed by atoms with E-state index in [4.69, 9.17) is 5.26 Å². The topological polar surface area (TPSA) is 35.8 Å². The molecule has 92 valence electrons. The third-order valence-corrected chi connectivity index (χ3v) is 3.99. The standard InChI is InChI=1S/C14H13FN2S/c1-9-6-7-18-14(9)10(2)17-13-5-3-4-12(15)11(13)8-16/h3-7,10,17H,1-2H3. The summed E-state index contributed by atoms with van der Waals surface area (Å²) in [5.74, 6) is -0.488. The molecule has 4 heteroatoms. The van der Waals surface area contributed by atoms with E-state index in [0.29, 0.717) is 5.69 Å². The molecule has 1 N–H and O–H groups in total. The maximum absolute atomic E-state index is 13.5. The number of rotatable bonds is 3. The molecule has 1 aromatic carbocycles. The third kappa shape index (κ3) is 2.36. The molecular formula is C14H13FN2S. The molecular weight excluding hydrogens is 247 g/mol. The second kappa shape index (κ2) is 5.19. The van der Waals surface area contributed by atoms with E-state index in [1.807, 2.05) is 25.3 Å². The molecule has 18 heavy (non-hydrogen) atoms. The first kappa shape index (κ1) is 12.6. The van der Waals surface area contributed by atoms with Crippen LogP contribution in [0.1, 0.15) is 29.0 Å². The van der Waals surface area contributed by atoms with Crippen LogP contribution in [0.5, 0.6) is 0 Å². The van der Waals surface area contributed by atoms with Crippen molar-refractivity contribution in [2.45, 2.75) is 19.9 Å². The normalized spacial score (nSPS) is 11.9. The number of hydrogen-bond acceptors (Lipinski definition) is 3. The Labute approximate surface area is 110 Å². The zero-order chi connectivity index (χ0) is 13.1. The molecule has 0 radical (unpaired) electrons. The predicted molar refractivity (Wildman–Crippen MR) is 72.2 cm³/mol. The minimum atomic E-state index is -0.488. The van der Waals surface area contributed by atoms with Crippen LogP contribution in [0.2, 0.25) is 0 Å². The average molecular weight is 260 g/mol. The molecule has 2 rings (SSSR count). The summed E-state index contributed by atoms with van der Waals surface area (Å²) in [5, 5.41) is 14.2. The van der Waals surface area contributed by atoms with Crippen LogP contribution in [0.25, 0.3) is 0 Å². The second-order valence-corrected chi connectivity index (χ2v) is 5.06. The highest BCUT2D eigenvalue weighted by atomic mass is 32.1.